The Hall–Kier alpha value is -7.86. The first-order chi connectivity index (χ1) is 42.1. The number of nitrogens with one attached hydrogen (secondary N) is 2. The highest BCUT2D eigenvalue weighted by atomic mass is 35.8. The second kappa shape index (κ2) is 27.5. The van der Waals surface area contributed by atoms with Crippen molar-refractivity contribution in [2.45, 2.75) is 90.6 Å². The summed E-state index contributed by atoms with van der Waals surface area (Å²) in [5.74, 6) is -0.757. The maximum atomic E-state index is 15.3. The summed E-state index contributed by atoms with van der Waals surface area (Å²) in [5.41, 5.74) is 4.06. The number of aliphatic imine (C=N–C) groups is 2. The smallest absolute Gasteiger partial charge is 0.497 e. The van der Waals surface area contributed by atoms with Crippen molar-refractivity contribution >= 4 is 128 Å². The number of benzene rings is 7. The number of methoxy groups -OCH3 is 1. The van der Waals surface area contributed by atoms with E-state index in [4.69, 9.17) is 77.5 Å². The molecule has 2 aromatic heterocycles. The number of H-pyrrole nitrogens is 2. The van der Waals surface area contributed by atoms with E-state index in [2.05, 4.69) is 9.97 Å². The average molecular weight is 1320 g/mol. The molecule has 0 radical (unpaired) electrons. The zero-order valence-electron chi connectivity index (χ0n) is 49.0. The minimum Gasteiger partial charge on any atom is -0.497 e. The van der Waals surface area contributed by atoms with Gasteiger partial charge in [0.1, 0.15) is 40.7 Å². The van der Waals surface area contributed by atoms with Gasteiger partial charge in [-0.05, 0) is 143 Å². The summed E-state index contributed by atoms with van der Waals surface area (Å²) in [7, 11) is 16.4. The van der Waals surface area contributed by atoms with Crippen molar-refractivity contribution < 1.29 is 42.2 Å². The van der Waals surface area contributed by atoms with E-state index in [0.717, 1.165) is 25.8 Å². The first-order valence-electron chi connectivity index (χ1n) is 27.7. The molecule has 2 unspecified atom stereocenters. The van der Waals surface area contributed by atoms with Crippen molar-refractivity contribution in [2.24, 2.45) is 9.98 Å². The van der Waals surface area contributed by atoms with Crippen LogP contribution in [0.5, 0.6) is 5.75 Å². The van der Waals surface area contributed by atoms with Crippen LogP contribution in [0.2, 0.25) is 10.0 Å². The standard InChI is InChI=1S/C41H40ClFN4O7.C24H17ClFN3O2.Al.3ClH/c1-40(2,3)53-38(50)46-33-18-14-26(21-34(33)47(37(46)49)39(51)54-41(4,5)6)35-29-22-27(43)15-19-32(29)45(23-24-12-16-28(52-7)17-13-24)36(48)31(44-35)20-25-10-8-9-11-30(25)42;25-18-4-2-1-3-14(18)9-21-22(30)11-13-5-7-16(26)12-17(13)23(27-21)15-6-8-19-20(10-15)29-24(31)28-19;;;;/h8-19,21-22,31H,20,23H2,1-7H3;1-8,10,12,21H,9,11H2,(H2,28,29,31);;3*1H/q;;+3;;;/p-3. The molecule has 0 aliphatic carbocycles. The molecule has 16 nitrogen and oxygen atoms in total. The van der Waals surface area contributed by atoms with Crippen LogP contribution in [0.1, 0.15) is 86.1 Å². The number of nitrogens with zero attached hydrogens (tertiary/aromatic N) is 5. The molecule has 0 fully saturated rings. The number of carbonyl (C=O) groups excluding carboxylic acids is 4. The van der Waals surface area contributed by atoms with Gasteiger partial charge in [-0.15, -0.1) is 0 Å². The van der Waals surface area contributed by atoms with Gasteiger partial charge in [-0.2, -0.15) is 9.13 Å². The molecule has 89 heavy (non-hydrogen) atoms. The molecule has 2 aliphatic heterocycles. The molecule has 11 rings (SSSR count). The van der Waals surface area contributed by atoms with Crippen LogP contribution in [0.4, 0.5) is 24.1 Å². The highest BCUT2D eigenvalue weighted by molar-refractivity contribution is 7.54. The number of hydrogen-bond donors (Lipinski definition) is 2. The second-order valence-electron chi connectivity index (χ2n) is 22.7. The van der Waals surface area contributed by atoms with Crippen LogP contribution in [-0.2, 0) is 44.9 Å². The Morgan fingerprint density at radius 3 is 1.73 bits per heavy atom. The Morgan fingerprint density at radius 1 is 0.618 bits per heavy atom. The molecule has 4 heterocycles. The molecule has 9 aromatic rings. The lowest BCUT2D eigenvalue weighted by Gasteiger charge is -2.26. The number of ketones is 1. The zero-order chi connectivity index (χ0) is 64.2. The summed E-state index contributed by atoms with van der Waals surface area (Å²) in [6.45, 7) is 10.0. The summed E-state index contributed by atoms with van der Waals surface area (Å²) in [5, 5.41) is 1.02. The Bertz CT molecular complexity index is 4400. The fourth-order valence-corrected chi connectivity index (χ4v) is 10.5. The van der Waals surface area contributed by atoms with Gasteiger partial charge < -0.3 is 29.1 Å². The predicted octanol–water partition coefficient (Wildman–Crippen LogP) is 14.1. The molecule has 458 valence electrons. The van der Waals surface area contributed by atoms with E-state index in [-0.39, 0.29) is 59.1 Å². The van der Waals surface area contributed by atoms with Gasteiger partial charge in [0, 0.05) is 51.6 Å². The molecule has 0 saturated carbocycles. The first kappa shape index (κ1) is 65.6. The number of Topliss-reactive ketones (excluding diaryl/α,β-unsaturated/α-hetero) is 1. The third-order valence-corrected chi connectivity index (χ3v) is 14.7. The number of ether oxygens (including phenoxy) is 3. The Labute approximate surface area is 536 Å². The topological polar surface area (TPSA) is 200 Å². The summed E-state index contributed by atoms with van der Waals surface area (Å²) in [4.78, 5) is 97.1. The first-order valence-corrected chi connectivity index (χ1v) is 33.7. The third kappa shape index (κ3) is 15.8. The van der Waals surface area contributed by atoms with E-state index in [1.807, 2.05) is 42.5 Å². The number of halogens is 7. The number of rotatable bonds is 9. The molecule has 24 heteroatoms. The molecule has 2 aliphatic rings. The molecule has 1 amide bonds. The van der Waals surface area contributed by atoms with E-state index in [1.54, 1.807) is 114 Å². The molecular formula is C65H57AlCl5F2N7O9. The van der Waals surface area contributed by atoms with Crippen LogP contribution in [0.3, 0.4) is 0 Å². The maximum absolute atomic E-state index is 15.3. The van der Waals surface area contributed by atoms with Crippen LogP contribution in [0.15, 0.2) is 165 Å². The fourth-order valence-electron chi connectivity index (χ4n) is 10.1. The molecule has 2 atom stereocenters. The van der Waals surface area contributed by atoms with Crippen LogP contribution in [-0.4, -0.2) is 96.2 Å². The number of aromatic amines is 2. The highest BCUT2D eigenvalue weighted by Gasteiger charge is 2.35. The average Bonchev–Trinajstić information content (AvgIpc) is 1.72. The van der Waals surface area contributed by atoms with Crippen molar-refractivity contribution in [3.05, 3.63) is 233 Å². The van der Waals surface area contributed by atoms with E-state index in [9.17, 15) is 33.2 Å². The summed E-state index contributed by atoms with van der Waals surface area (Å²) in [6, 6.07) is 38.4. The molecule has 0 bridgehead atoms. The highest BCUT2D eigenvalue weighted by Crippen LogP contribution is 2.35. The predicted molar refractivity (Wildman–Crippen MR) is 347 cm³/mol. The SMILES string of the molecule is COc1ccc(CN2C(=O)C(Cc3ccccc3Cl)N=C(c3ccc4c(c3)n(C(=O)OC(C)(C)C)c(=O)n4C(=O)OC(C)(C)C)c3cc(F)ccc32)cc1.O=C1Cc2ccc(F)cc2C(c2ccc3[nH]c(=O)[nH]c3c2)=NC1Cc1ccccc1Cl.[Cl][Al]([Cl])[Cl]. The fraction of sp³-hybridized carbons (Fsp3) is 0.231. The molecule has 0 saturated heterocycles. The van der Waals surface area contributed by atoms with E-state index in [1.165, 1.54) is 42.5 Å². The molecule has 7 aromatic carbocycles. The van der Waals surface area contributed by atoms with Crippen LogP contribution >= 0.6 is 53.3 Å². The van der Waals surface area contributed by atoms with Crippen molar-refractivity contribution in [2.75, 3.05) is 12.0 Å². The van der Waals surface area contributed by atoms with Gasteiger partial charge in [-0.3, -0.25) is 19.6 Å². The van der Waals surface area contributed by atoms with E-state index < -0.39 is 64.2 Å². The Morgan fingerprint density at radius 2 is 1.13 bits per heavy atom. The zero-order valence-corrected chi connectivity index (χ0v) is 53.9. The van der Waals surface area contributed by atoms with Gasteiger partial charge >= 0.3 is 35.0 Å². The summed E-state index contributed by atoms with van der Waals surface area (Å²) < 4.78 is 47.4. The van der Waals surface area contributed by atoms with Gasteiger partial charge in [-0.1, -0.05) is 89.9 Å². The number of fused-ring (bicyclic) bond motifs is 4. The van der Waals surface area contributed by atoms with Crippen molar-refractivity contribution in [3.63, 3.8) is 0 Å². The van der Waals surface area contributed by atoms with Gasteiger partial charge in [0.05, 0.1) is 52.8 Å². The lowest BCUT2D eigenvalue weighted by molar-refractivity contribution is -0.120. The van der Waals surface area contributed by atoms with Crippen molar-refractivity contribution in [1.82, 2.24) is 19.1 Å². The second-order valence-corrected chi connectivity index (χ2v) is 29.9. The van der Waals surface area contributed by atoms with Crippen molar-refractivity contribution in [3.8, 4) is 5.75 Å². The van der Waals surface area contributed by atoms with E-state index in [0.29, 0.717) is 66.9 Å². The lowest BCUT2D eigenvalue weighted by atomic mass is 9.94. The summed E-state index contributed by atoms with van der Waals surface area (Å²) >= 11 is 11.2. The maximum Gasteiger partial charge on any atom is 0.643 e. The largest absolute Gasteiger partial charge is 0.643 e. The number of carbonyl (C=O) groups is 4. The van der Waals surface area contributed by atoms with Gasteiger partial charge in [-0.25, -0.2) is 58.1 Å². The van der Waals surface area contributed by atoms with Crippen LogP contribution < -0.4 is 21.0 Å². The number of benzodiazepines with no additional fused rings is 1. The minimum atomic E-state index is -1.72. The minimum absolute atomic E-state index is 0.00609. The normalized spacial score (nSPS) is 14.8. The number of amides is 1. The van der Waals surface area contributed by atoms with Crippen LogP contribution in [0.25, 0.3) is 22.1 Å². The van der Waals surface area contributed by atoms with Gasteiger partial charge in [0.2, 0.25) is 0 Å². The molecular weight excluding hydrogens is 1260 g/mol. The third-order valence-electron chi connectivity index (χ3n) is 14.0. The quantitative estimate of drug-likeness (QED) is 0.132. The van der Waals surface area contributed by atoms with Crippen molar-refractivity contribution in [1.29, 1.82) is 0 Å². The lowest BCUT2D eigenvalue weighted by Crippen LogP contribution is -2.38. The summed E-state index contributed by atoms with van der Waals surface area (Å²) in [6.07, 6.45) is -1.41. The molecule has 0 spiro atoms. The van der Waals surface area contributed by atoms with E-state index >= 15 is 4.39 Å². The number of hydrogen-bond acceptors (Lipinski definition) is 11. The number of imidazole rings is 2. The Kier molecular flexibility index (Phi) is 20.3. The van der Waals surface area contributed by atoms with Crippen LogP contribution in [0, 0.1) is 11.6 Å². The number of anilines is 1. The van der Waals surface area contributed by atoms with Gasteiger partial charge in [0.25, 0.3) is 5.91 Å². The number of aromatic nitrogens is 4. The monoisotopic (exact) mass is 1320 g/mol. The Balaban J connectivity index is 0.000000225. The molecule has 2 N–H and O–H groups in total. The van der Waals surface area contributed by atoms with Gasteiger partial charge in [0.15, 0.2) is 5.78 Å².